The van der Waals surface area contributed by atoms with Gasteiger partial charge in [0.1, 0.15) is 5.60 Å². The van der Waals surface area contributed by atoms with Gasteiger partial charge in [0.15, 0.2) is 0 Å². The molecule has 1 aromatic heterocycles. The minimum Gasteiger partial charge on any atom is -0.444 e. The molecule has 1 aromatic rings. The smallest absolute Gasteiger partial charge is 0.410 e. The molecular formula is C18H28N2O3. The summed E-state index contributed by atoms with van der Waals surface area (Å²) < 4.78 is 11.4. The number of hydrogen-bond acceptors (Lipinski definition) is 4. The Labute approximate surface area is 139 Å². The molecule has 128 valence electrons. The van der Waals surface area contributed by atoms with E-state index >= 15 is 0 Å². The minimum absolute atomic E-state index is 0.0000791. The number of likely N-dealkylation sites (tertiary alicyclic amines) is 1. The second-order valence-electron chi connectivity index (χ2n) is 7.14. The monoisotopic (exact) mass is 320 g/mol. The zero-order valence-corrected chi connectivity index (χ0v) is 14.6. The van der Waals surface area contributed by atoms with Crippen molar-refractivity contribution in [3.8, 4) is 0 Å². The Kier molecular flexibility index (Phi) is 5.99. The third-order valence-corrected chi connectivity index (χ3v) is 3.95. The van der Waals surface area contributed by atoms with Crippen molar-refractivity contribution in [3.63, 3.8) is 0 Å². The van der Waals surface area contributed by atoms with Crippen LogP contribution in [0.1, 0.15) is 52.3 Å². The Morgan fingerprint density at radius 3 is 2.61 bits per heavy atom. The van der Waals surface area contributed by atoms with E-state index in [1.807, 2.05) is 45.9 Å². The van der Waals surface area contributed by atoms with E-state index in [9.17, 15) is 4.79 Å². The van der Waals surface area contributed by atoms with Crippen molar-refractivity contribution in [2.75, 3.05) is 19.7 Å². The van der Waals surface area contributed by atoms with Crippen LogP contribution in [0.3, 0.4) is 0 Å². The van der Waals surface area contributed by atoms with Crippen LogP contribution in [-0.4, -0.2) is 41.3 Å². The summed E-state index contributed by atoms with van der Waals surface area (Å²) in [5.41, 5.74) is 0.522. The topological polar surface area (TPSA) is 51.7 Å². The molecule has 5 heteroatoms. The third kappa shape index (κ3) is 5.82. The van der Waals surface area contributed by atoms with Gasteiger partial charge in [-0.1, -0.05) is 6.07 Å². The number of nitrogens with zero attached hydrogens (tertiary/aromatic N) is 2. The molecule has 0 saturated carbocycles. The maximum atomic E-state index is 12.0. The number of hydrogen-bond donors (Lipinski definition) is 0. The summed E-state index contributed by atoms with van der Waals surface area (Å²) in [6, 6.07) is 5.86. The van der Waals surface area contributed by atoms with Crippen LogP contribution in [-0.2, 0) is 9.47 Å². The molecule has 0 N–H and O–H groups in total. The molecule has 2 rings (SSSR count). The van der Waals surface area contributed by atoms with E-state index in [1.54, 1.807) is 11.1 Å². The van der Waals surface area contributed by atoms with E-state index in [0.29, 0.717) is 12.5 Å². The van der Waals surface area contributed by atoms with E-state index in [1.165, 1.54) is 0 Å². The summed E-state index contributed by atoms with van der Waals surface area (Å²) in [5, 5.41) is 0. The Hall–Kier alpha value is -1.62. The zero-order chi connectivity index (χ0) is 16.9. The number of amides is 1. The van der Waals surface area contributed by atoms with Crippen LogP contribution < -0.4 is 0 Å². The molecule has 23 heavy (non-hydrogen) atoms. The average molecular weight is 320 g/mol. The van der Waals surface area contributed by atoms with Gasteiger partial charge in [-0.05, 0) is 58.6 Å². The van der Waals surface area contributed by atoms with E-state index in [-0.39, 0.29) is 12.2 Å². The fraction of sp³-hybridized carbons (Fsp3) is 0.667. The number of carbonyl (C=O) groups excluding carboxylic acids is 1. The molecule has 1 atom stereocenters. The molecule has 0 bridgehead atoms. The Bertz CT molecular complexity index is 491. The lowest BCUT2D eigenvalue weighted by molar-refractivity contribution is 0.000600. The molecule has 0 unspecified atom stereocenters. The predicted octanol–water partition coefficient (Wildman–Crippen LogP) is 3.81. The van der Waals surface area contributed by atoms with Crippen molar-refractivity contribution in [3.05, 3.63) is 30.1 Å². The Morgan fingerprint density at radius 2 is 2.04 bits per heavy atom. The van der Waals surface area contributed by atoms with Gasteiger partial charge in [0, 0.05) is 19.3 Å². The van der Waals surface area contributed by atoms with Gasteiger partial charge < -0.3 is 14.4 Å². The highest BCUT2D eigenvalue weighted by molar-refractivity contribution is 5.68. The van der Waals surface area contributed by atoms with Gasteiger partial charge in [-0.2, -0.15) is 0 Å². The van der Waals surface area contributed by atoms with Gasteiger partial charge in [0.05, 0.1) is 18.4 Å². The number of carbonyl (C=O) groups is 1. The predicted molar refractivity (Wildman–Crippen MR) is 89.1 cm³/mol. The number of ether oxygens (including phenoxy) is 2. The molecule has 1 aliphatic rings. The minimum atomic E-state index is -0.435. The Balaban J connectivity index is 1.72. The lowest BCUT2D eigenvalue weighted by atomic mass is 9.98. The van der Waals surface area contributed by atoms with Crippen LogP contribution in [0.25, 0.3) is 0 Å². The number of pyridine rings is 1. The van der Waals surface area contributed by atoms with Gasteiger partial charge in [0.25, 0.3) is 0 Å². The quantitative estimate of drug-likeness (QED) is 0.846. The lowest BCUT2D eigenvalue weighted by Gasteiger charge is -2.33. The number of aromatic nitrogens is 1. The van der Waals surface area contributed by atoms with E-state index in [2.05, 4.69) is 4.98 Å². The van der Waals surface area contributed by atoms with Crippen molar-refractivity contribution in [2.24, 2.45) is 5.92 Å². The van der Waals surface area contributed by atoms with Crippen molar-refractivity contribution in [1.29, 1.82) is 0 Å². The SMILES string of the molecule is C[C@@H](OCC1CCN(C(=O)OC(C)(C)C)CC1)c1ccccn1. The van der Waals surface area contributed by atoms with E-state index in [4.69, 9.17) is 9.47 Å². The highest BCUT2D eigenvalue weighted by Crippen LogP contribution is 2.22. The maximum absolute atomic E-state index is 12.0. The molecule has 1 fully saturated rings. The molecule has 1 aliphatic heterocycles. The zero-order valence-electron chi connectivity index (χ0n) is 14.6. The van der Waals surface area contributed by atoms with Crippen LogP contribution in [0.5, 0.6) is 0 Å². The van der Waals surface area contributed by atoms with Crippen molar-refractivity contribution in [1.82, 2.24) is 9.88 Å². The molecular weight excluding hydrogens is 292 g/mol. The van der Waals surface area contributed by atoms with Crippen LogP contribution in [0.15, 0.2) is 24.4 Å². The summed E-state index contributed by atoms with van der Waals surface area (Å²) in [5.74, 6) is 0.486. The Morgan fingerprint density at radius 1 is 1.35 bits per heavy atom. The van der Waals surface area contributed by atoms with Gasteiger partial charge in [-0.25, -0.2) is 4.79 Å². The summed E-state index contributed by atoms with van der Waals surface area (Å²) >= 11 is 0. The first kappa shape index (κ1) is 17.7. The summed E-state index contributed by atoms with van der Waals surface area (Å²) in [4.78, 5) is 18.1. The molecule has 0 radical (unpaired) electrons. The molecule has 0 spiro atoms. The highest BCUT2D eigenvalue weighted by atomic mass is 16.6. The normalized spacial score (nSPS) is 17.8. The van der Waals surface area contributed by atoms with Crippen LogP contribution >= 0.6 is 0 Å². The maximum Gasteiger partial charge on any atom is 0.410 e. The van der Waals surface area contributed by atoms with Gasteiger partial charge in [0.2, 0.25) is 0 Å². The summed E-state index contributed by atoms with van der Waals surface area (Å²) in [6.45, 7) is 9.89. The first-order valence-electron chi connectivity index (χ1n) is 8.35. The lowest BCUT2D eigenvalue weighted by Crippen LogP contribution is -2.42. The summed E-state index contributed by atoms with van der Waals surface area (Å²) in [6.07, 6.45) is 3.48. The fourth-order valence-corrected chi connectivity index (χ4v) is 2.59. The standard InChI is InChI=1S/C18H28N2O3/c1-14(16-7-5-6-10-19-16)22-13-15-8-11-20(12-9-15)17(21)23-18(2,3)4/h5-7,10,14-15H,8-9,11-13H2,1-4H3/t14-/m1/s1. The first-order valence-corrected chi connectivity index (χ1v) is 8.35. The van der Waals surface area contributed by atoms with Crippen molar-refractivity contribution >= 4 is 6.09 Å². The number of rotatable bonds is 4. The third-order valence-electron chi connectivity index (χ3n) is 3.95. The van der Waals surface area contributed by atoms with Crippen LogP contribution in [0.4, 0.5) is 4.79 Å². The molecule has 0 aromatic carbocycles. The summed E-state index contributed by atoms with van der Waals surface area (Å²) in [7, 11) is 0. The highest BCUT2D eigenvalue weighted by Gasteiger charge is 2.27. The largest absolute Gasteiger partial charge is 0.444 e. The molecule has 5 nitrogen and oxygen atoms in total. The molecule has 0 aliphatic carbocycles. The number of piperidine rings is 1. The average Bonchev–Trinajstić information content (AvgIpc) is 2.52. The second kappa shape index (κ2) is 7.77. The van der Waals surface area contributed by atoms with Gasteiger partial charge in [-0.3, -0.25) is 4.98 Å². The van der Waals surface area contributed by atoms with Gasteiger partial charge in [-0.15, -0.1) is 0 Å². The first-order chi connectivity index (χ1) is 10.8. The van der Waals surface area contributed by atoms with Gasteiger partial charge >= 0.3 is 6.09 Å². The van der Waals surface area contributed by atoms with Crippen LogP contribution in [0, 0.1) is 5.92 Å². The van der Waals surface area contributed by atoms with Crippen molar-refractivity contribution in [2.45, 2.75) is 52.2 Å². The van der Waals surface area contributed by atoms with Crippen molar-refractivity contribution < 1.29 is 14.3 Å². The van der Waals surface area contributed by atoms with Crippen LogP contribution in [0.2, 0.25) is 0 Å². The molecule has 2 heterocycles. The molecule has 1 amide bonds. The van der Waals surface area contributed by atoms with E-state index < -0.39 is 5.60 Å². The fourth-order valence-electron chi connectivity index (χ4n) is 2.59. The second-order valence-corrected chi connectivity index (χ2v) is 7.14. The van der Waals surface area contributed by atoms with E-state index in [0.717, 1.165) is 31.6 Å². The molecule has 1 saturated heterocycles.